The quantitative estimate of drug-likeness (QED) is 0.796. The van der Waals surface area contributed by atoms with Gasteiger partial charge in [0.25, 0.3) is 0 Å². The van der Waals surface area contributed by atoms with E-state index in [1.807, 2.05) is 11.1 Å². The molecule has 1 aromatic carbocycles. The number of benzene rings is 1. The summed E-state index contributed by atoms with van der Waals surface area (Å²) in [6, 6.07) is 6.28. The zero-order chi connectivity index (χ0) is 17.4. The molecule has 1 atom stereocenters. The van der Waals surface area contributed by atoms with Crippen molar-refractivity contribution >= 4 is 16.8 Å². The minimum atomic E-state index is 0.159. The molecule has 0 saturated carbocycles. The van der Waals surface area contributed by atoms with Crippen molar-refractivity contribution in [1.82, 2.24) is 20.0 Å². The van der Waals surface area contributed by atoms with Crippen LogP contribution in [0.15, 0.2) is 28.9 Å². The first-order chi connectivity index (χ1) is 12.1. The lowest BCUT2D eigenvalue weighted by atomic mass is 9.96. The van der Waals surface area contributed by atoms with Crippen LogP contribution in [0.2, 0.25) is 0 Å². The molecule has 0 aliphatic carbocycles. The lowest BCUT2D eigenvalue weighted by Gasteiger charge is -2.31. The van der Waals surface area contributed by atoms with Gasteiger partial charge in [0.05, 0.1) is 6.42 Å². The predicted molar refractivity (Wildman–Crippen MR) is 94.3 cm³/mol. The topological polar surface area (TPSA) is 75.0 Å². The van der Waals surface area contributed by atoms with E-state index in [0.717, 1.165) is 41.7 Å². The van der Waals surface area contributed by atoms with E-state index in [1.165, 1.54) is 5.56 Å². The number of carbonyl (C=O) groups is 1. The van der Waals surface area contributed by atoms with Gasteiger partial charge in [0, 0.05) is 43.0 Å². The fourth-order valence-corrected chi connectivity index (χ4v) is 3.62. The Kier molecular flexibility index (Phi) is 4.03. The monoisotopic (exact) mass is 338 g/mol. The number of likely N-dealkylation sites (tertiary alicyclic amines) is 1. The zero-order valence-corrected chi connectivity index (χ0v) is 14.6. The summed E-state index contributed by atoms with van der Waals surface area (Å²) >= 11 is 0. The summed E-state index contributed by atoms with van der Waals surface area (Å²) in [6.07, 6.45) is 4.33. The van der Waals surface area contributed by atoms with Crippen LogP contribution in [0.3, 0.4) is 0 Å². The van der Waals surface area contributed by atoms with Gasteiger partial charge >= 0.3 is 0 Å². The SMILES string of the molecule is Cc1ccc2c(CC(=O)N3CCCC(c4noc(C)n4)C3)c[nH]c2c1. The molecule has 25 heavy (non-hydrogen) atoms. The van der Waals surface area contributed by atoms with Crippen LogP contribution in [0.25, 0.3) is 10.9 Å². The van der Waals surface area contributed by atoms with E-state index in [-0.39, 0.29) is 11.8 Å². The van der Waals surface area contributed by atoms with Crippen molar-refractivity contribution < 1.29 is 9.32 Å². The Morgan fingerprint density at radius 3 is 3.08 bits per heavy atom. The van der Waals surface area contributed by atoms with Crippen molar-refractivity contribution in [3.63, 3.8) is 0 Å². The molecule has 6 heteroatoms. The molecule has 3 heterocycles. The predicted octanol–water partition coefficient (Wildman–Crippen LogP) is 3.12. The van der Waals surface area contributed by atoms with Crippen molar-refractivity contribution in [1.29, 1.82) is 0 Å². The Bertz CT molecular complexity index is 911. The molecule has 6 nitrogen and oxygen atoms in total. The molecule has 1 fully saturated rings. The van der Waals surface area contributed by atoms with E-state index in [4.69, 9.17) is 4.52 Å². The van der Waals surface area contributed by atoms with Crippen molar-refractivity contribution in [2.24, 2.45) is 0 Å². The van der Waals surface area contributed by atoms with Crippen LogP contribution in [0.5, 0.6) is 0 Å². The maximum absolute atomic E-state index is 12.8. The number of aromatic amines is 1. The van der Waals surface area contributed by atoms with E-state index in [9.17, 15) is 4.79 Å². The Balaban J connectivity index is 1.48. The summed E-state index contributed by atoms with van der Waals surface area (Å²) in [6.45, 7) is 5.33. The molecular weight excluding hydrogens is 316 g/mol. The second-order valence-corrected chi connectivity index (χ2v) is 6.89. The van der Waals surface area contributed by atoms with Crippen LogP contribution >= 0.6 is 0 Å². The lowest BCUT2D eigenvalue weighted by molar-refractivity contribution is -0.131. The van der Waals surface area contributed by atoms with E-state index in [1.54, 1.807) is 6.92 Å². The average molecular weight is 338 g/mol. The van der Waals surface area contributed by atoms with Gasteiger partial charge in [-0.05, 0) is 37.0 Å². The van der Waals surface area contributed by atoms with Crippen LogP contribution in [-0.2, 0) is 11.2 Å². The second-order valence-electron chi connectivity index (χ2n) is 6.89. The molecule has 1 unspecified atom stereocenters. The van der Waals surface area contributed by atoms with Gasteiger partial charge in [-0.3, -0.25) is 4.79 Å². The fourth-order valence-electron chi connectivity index (χ4n) is 3.62. The number of fused-ring (bicyclic) bond motifs is 1. The van der Waals surface area contributed by atoms with Gasteiger partial charge in [-0.1, -0.05) is 17.3 Å². The molecule has 1 aliphatic rings. The first-order valence-electron chi connectivity index (χ1n) is 8.75. The third-order valence-electron chi connectivity index (χ3n) is 4.95. The molecule has 0 spiro atoms. The molecular formula is C19H22N4O2. The molecule has 4 rings (SSSR count). The highest BCUT2D eigenvalue weighted by Gasteiger charge is 2.28. The molecule has 1 amide bonds. The highest BCUT2D eigenvalue weighted by atomic mass is 16.5. The van der Waals surface area contributed by atoms with Crippen LogP contribution < -0.4 is 0 Å². The standard InChI is InChI=1S/C19H22N4O2/c1-12-5-6-16-15(10-20-17(16)8-12)9-18(24)23-7-3-4-14(11-23)19-21-13(2)25-22-19/h5-6,8,10,14,20H,3-4,7,9,11H2,1-2H3. The highest BCUT2D eigenvalue weighted by Crippen LogP contribution is 2.26. The zero-order valence-electron chi connectivity index (χ0n) is 14.6. The van der Waals surface area contributed by atoms with Gasteiger partial charge in [-0.2, -0.15) is 4.98 Å². The largest absolute Gasteiger partial charge is 0.361 e. The van der Waals surface area contributed by atoms with E-state index in [0.29, 0.717) is 18.9 Å². The van der Waals surface area contributed by atoms with Gasteiger partial charge in [0.15, 0.2) is 5.82 Å². The fraction of sp³-hybridized carbons (Fsp3) is 0.421. The van der Waals surface area contributed by atoms with Crippen molar-refractivity contribution in [3.05, 3.63) is 47.2 Å². The number of hydrogen-bond acceptors (Lipinski definition) is 4. The van der Waals surface area contributed by atoms with Crippen LogP contribution in [0.4, 0.5) is 0 Å². The van der Waals surface area contributed by atoms with E-state index < -0.39 is 0 Å². The Morgan fingerprint density at radius 2 is 2.28 bits per heavy atom. The number of nitrogens with zero attached hydrogens (tertiary/aromatic N) is 3. The summed E-state index contributed by atoms with van der Waals surface area (Å²) in [7, 11) is 0. The van der Waals surface area contributed by atoms with Crippen molar-refractivity contribution in [2.75, 3.05) is 13.1 Å². The Labute approximate surface area is 146 Å². The van der Waals surface area contributed by atoms with Crippen molar-refractivity contribution in [3.8, 4) is 0 Å². The molecule has 130 valence electrons. The maximum atomic E-state index is 12.8. The van der Waals surface area contributed by atoms with E-state index >= 15 is 0 Å². The molecule has 1 N–H and O–H groups in total. The minimum Gasteiger partial charge on any atom is -0.361 e. The molecule has 2 aromatic heterocycles. The number of rotatable bonds is 3. The molecule has 1 saturated heterocycles. The number of nitrogens with one attached hydrogen (secondary N) is 1. The number of amides is 1. The smallest absolute Gasteiger partial charge is 0.227 e. The summed E-state index contributed by atoms with van der Waals surface area (Å²) in [5, 5.41) is 5.16. The van der Waals surface area contributed by atoms with Crippen molar-refractivity contribution in [2.45, 2.75) is 39.0 Å². The summed E-state index contributed by atoms with van der Waals surface area (Å²) < 4.78 is 5.09. The highest BCUT2D eigenvalue weighted by molar-refractivity contribution is 5.89. The van der Waals surface area contributed by atoms with Gasteiger partial charge in [-0.25, -0.2) is 0 Å². The third-order valence-corrected chi connectivity index (χ3v) is 4.95. The molecule has 0 radical (unpaired) electrons. The second kappa shape index (κ2) is 6.35. The number of piperidine rings is 1. The normalized spacial score (nSPS) is 18.0. The van der Waals surface area contributed by atoms with E-state index in [2.05, 4.69) is 40.2 Å². The maximum Gasteiger partial charge on any atom is 0.227 e. The minimum absolute atomic E-state index is 0.159. The van der Waals surface area contributed by atoms with Crippen LogP contribution in [0.1, 0.15) is 41.6 Å². The molecule has 0 bridgehead atoms. The van der Waals surface area contributed by atoms with Gasteiger partial charge in [0.2, 0.25) is 11.8 Å². The van der Waals surface area contributed by atoms with Crippen LogP contribution in [0, 0.1) is 13.8 Å². The average Bonchev–Trinajstić information content (AvgIpc) is 3.21. The van der Waals surface area contributed by atoms with Gasteiger partial charge < -0.3 is 14.4 Å². The van der Waals surface area contributed by atoms with Crippen LogP contribution in [-0.4, -0.2) is 39.0 Å². The number of aryl methyl sites for hydroxylation is 2. The molecule has 1 aliphatic heterocycles. The Morgan fingerprint density at radius 1 is 1.40 bits per heavy atom. The third kappa shape index (κ3) is 3.16. The van der Waals surface area contributed by atoms with Gasteiger partial charge in [0.1, 0.15) is 0 Å². The summed E-state index contributed by atoms with van der Waals surface area (Å²) in [5.41, 5.74) is 3.35. The number of aromatic nitrogens is 3. The number of H-pyrrole nitrogens is 1. The first kappa shape index (κ1) is 15.9. The Hall–Kier alpha value is -2.63. The van der Waals surface area contributed by atoms with Gasteiger partial charge in [-0.15, -0.1) is 0 Å². The lowest BCUT2D eigenvalue weighted by Crippen LogP contribution is -2.40. The first-order valence-corrected chi connectivity index (χ1v) is 8.75. The molecule has 3 aromatic rings. The number of carbonyl (C=O) groups excluding carboxylic acids is 1. The summed E-state index contributed by atoms with van der Waals surface area (Å²) in [5.74, 6) is 1.62. The summed E-state index contributed by atoms with van der Waals surface area (Å²) in [4.78, 5) is 22.3. The number of hydrogen-bond donors (Lipinski definition) is 1.